The van der Waals surface area contributed by atoms with E-state index in [4.69, 9.17) is 11.0 Å². The number of nitrogens with zero attached hydrogens (tertiary/aromatic N) is 1. The van der Waals surface area contributed by atoms with Crippen LogP contribution in [-0.4, -0.2) is 12.2 Å². The Bertz CT molecular complexity index is 530. The van der Waals surface area contributed by atoms with Gasteiger partial charge in [-0.1, -0.05) is 6.07 Å². The summed E-state index contributed by atoms with van der Waals surface area (Å²) >= 11 is 0. The minimum absolute atomic E-state index is 0.0333. The van der Waals surface area contributed by atoms with Crippen molar-refractivity contribution in [2.45, 2.75) is 6.18 Å². The van der Waals surface area contributed by atoms with Gasteiger partial charge >= 0.3 is 6.18 Å². The molecular weight excluding hydrogens is 237 g/mol. The van der Waals surface area contributed by atoms with E-state index in [0.717, 1.165) is 12.1 Å². The van der Waals surface area contributed by atoms with E-state index in [2.05, 4.69) is 0 Å². The number of carbonyl (C=O) groups excluding carboxylic acids is 2. The number of carbonyl (C=O) groups is 2. The van der Waals surface area contributed by atoms with Crippen LogP contribution >= 0.6 is 0 Å². The molecule has 4 nitrogen and oxygen atoms in total. The highest BCUT2D eigenvalue weighted by Crippen LogP contribution is 2.35. The molecule has 0 heterocycles. The van der Waals surface area contributed by atoms with E-state index in [1.807, 2.05) is 0 Å². The highest BCUT2D eigenvalue weighted by Gasteiger charge is 2.38. The summed E-state index contributed by atoms with van der Waals surface area (Å²) in [6, 6.07) is 2.97. The van der Waals surface area contributed by atoms with E-state index in [9.17, 15) is 22.8 Å². The van der Waals surface area contributed by atoms with Crippen molar-refractivity contribution in [2.24, 2.45) is 5.73 Å². The third-order valence-corrected chi connectivity index (χ3v) is 2.03. The van der Waals surface area contributed by atoms with Crippen LogP contribution in [0.1, 0.15) is 31.8 Å². The molecule has 0 unspecified atom stereocenters. The maximum atomic E-state index is 12.7. The number of nitrogens with two attached hydrogens (primary N) is 1. The number of halogens is 3. The van der Waals surface area contributed by atoms with Crippen molar-refractivity contribution in [1.82, 2.24) is 0 Å². The van der Waals surface area contributed by atoms with Gasteiger partial charge in [0, 0.05) is 5.56 Å². The van der Waals surface area contributed by atoms with E-state index in [0.29, 0.717) is 0 Å². The van der Waals surface area contributed by atoms with Crippen LogP contribution in [0.25, 0.3) is 0 Å². The Morgan fingerprint density at radius 3 is 2.35 bits per heavy atom. The Morgan fingerprint density at radius 1 is 1.41 bits per heavy atom. The molecule has 0 fully saturated rings. The lowest BCUT2D eigenvalue weighted by Crippen LogP contribution is -2.19. The van der Waals surface area contributed by atoms with E-state index >= 15 is 0 Å². The minimum Gasteiger partial charge on any atom is -0.366 e. The van der Waals surface area contributed by atoms with Gasteiger partial charge in [-0.2, -0.15) is 18.4 Å². The van der Waals surface area contributed by atoms with Crippen LogP contribution < -0.4 is 5.73 Å². The van der Waals surface area contributed by atoms with Crippen molar-refractivity contribution < 1.29 is 22.8 Å². The highest BCUT2D eigenvalue weighted by atomic mass is 19.4. The predicted molar refractivity (Wildman–Crippen MR) is 50.1 cm³/mol. The zero-order valence-electron chi connectivity index (χ0n) is 8.21. The predicted octanol–water partition coefficient (Wildman–Crippen LogP) is 1.49. The Balaban J connectivity index is 3.75. The van der Waals surface area contributed by atoms with Crippen LogP contribution in [0.2, 0.25) is 0 Å². The number of hydrogen-bond acceptors (Lipinski definition) is 3. The molecule has 0 radical (unpaired) electrons. The molecule has 0 aliphatic heterocycles. The van der Waals surface area contributed by atoms with Gasteiger partial charge in [0.25, 0.3) is 0 Å². The standard InChI is InChI=1S/C10H5F3N2O2/c11-10(12,13)8-5(4-16)1-2-6(9(15)17)7(8)3-14/h1-2,4H,(H2,15,17). The van der Waals surface area contributed by atoms with Gasteiger partial charge < -0.3 is 5.73 Å². The average Bonchev–Trinajstić information content (AvgIpc) is 2.25. The normalized spacial score (nSPS) is 10.7. The molecule has 1 aromatic rings. The maximum Gasteiger partial charge on any atom is 0.418 e. The second kappa shape index (κ2) is 4.25. The Labute approximate surface area is 93.4 Å². The molecule has 1 aromatic carbocycles. The fourth-order valence-electron chi connectivity index (χ4n) is 1.34. The minimum atomic E-state index is -4.91. The summed E-state index contributed by atoms with van der Waals surface area (Å²) in [4.78, 5) is 21.4. The molecule has 0 aliphatic carbocycles. The first-order valence-corrected chi connectivity index (χ1v) is 4.22. The monoisotopic (exact) mass is 242 g/mol. The van der Waals surface area contributed by atoms with Crippen molar-refractivity contribution in [3.8, 4) is 6.07 Å². The number of alkyl halides is 3. The van der Waals surface area contributed by atoms with Crippen molar-refractivity contribution in [1.29, 1.82) is 5.26 Å². The molecule has 0 bridgehead atoms. The number of primary amides is 1. The van der Waals surface area contributed by atoms with Crippen LogP contribution in [0, 0.1) is 11.3 Å². The third-order valence-electron chi connectivity index (χ3n) is 2.03. The second-order valence-electron chi connectivity index (χ2n) is 3.04. The summed E-state index contributed by atoms with van der Waals surface area (Å²) < 4.78 is 38.0. The smallest absolute Gasteiger partial charge is 0.366 e. The molecular formula is C10H5F3N2O2. The summed E-state index contributed by atoms with van der Waals surface area (Å²) in [5.74, 6) is -1.16. The third kappa shape index (κ3) is 2.25. The first kappa shape index (κ1) is 12.7. The number of nitriles is 1. The molecule has 0 spiro atoms. The quantitative estimate of drug-likeness (QED) is 0.797. The molecule has 0 atom stereocenters. The average molecular weight is 242 g/mol. The SMILES string of the molecule is N#Cc1c(C(N)=O)ccc(C=O)c1C(F)(F)F. The number of aldehydes is 1. The molecule has 7 heteroatoms. The van der Waals surface area contributed by atoms with Crippen LogP contribution in [0.5, 0.6) is 0 Å². The fraction of sp³-hybridized carbons (Fsp3) is 0.100. The zero-order chi connectivity index (χ0) is 13.2. The number of rotatable bonds is 2. The summed E-state index contributed by atoms with van der Waals surface area (Å²) in [5, 5.41) is 8.66. The first-order valence-electron chi connectivity index (χ1n) is 4.22. The molecule has 0 aliphatic rings. The Kier molecular flexibility index (Phi) is 3.18. The Hall–Kier alpha value is -2.36. The lowest BCUT2D eigenvalue weighted by Gasteiger charge is -2.12. The molecule has 17 heavy (non-hydrogen) atoms. The summed E-state index contributed by atoms with van der Waals surface area (Å²) in [7, 11) is 0. The van der Waals surface area contributed by atoms with Gasteiger partial charge in [-0.25, -0.2) is 0 Å². The van der Waals surface area contributed by atoms with Gasteiger partial charge in [0.15, 0.2) is 6.29 Å². The summed E-state index contributed by atoms with van der Waals surface area (Å²) in [5.41, 5.74) is 1.20. The maximum absolute atomic E-state index is 12.7. The van der Waals surface area contributed by atoms with Crippen LogP contribution in [0.15, 0.2) is 12.1 Å². The van der Waals surface area contributed by atoms with Gasteiger partial charge in [-0.15, -0.1) is 0 Å². The fourth-order valence-corrected chi connectivity index (χ4v) is 1.34. The van der Waals surface area contributed by atoms with Gasteiger partial charge in [-0.3, -0.25) is 9.59 Å². The van der Waals surface area contributed by atoms with E-state index in [1.165, 1.54) is 6.07 Å². The zero-order valence-corrected chi connectivity index (χ0v) is 8.21. The van der Waals surface area contributed by atoms with E-state index in [-0.39, 0.29) is 6.29 Å². The molecule has 0 saturated carbocycles. The molecule has 1 rings (SSSR count). The lowest BCUT2D eigenvalue weighted by molar-refractivity contribution is -0.138. The summed E-state index contributed by atoms with van der Waals surface area (Å²) in [6.07, 6.45) is -4.94. The first-order chi connectivity index (χ1) is 7.82. The lowest BCUT2D eigenvalue weighted by atomic mass is 9.96. The second-order valence-corrected chi connectivity index (χ2v) is 3.04. The van der Waals surface area contributed by atoms with Crippen LogP contribution in [0.4, 0.5) is 13.2 Å². The van der Waals surface area contributed by atoms with Gasteiger partial charge in [0.05, 0.1) is 16.7 Å². The number of amides is 1. The van der Waals surface area contributed by atoms with Crippen molar-refractivity contribution in [2.75, 3.05) is 0 Å². The molecule has 0 aromatic heterocycles. The largest absolute Gasteiger partial charge is 0.418 e. The van der Waals surface area contributed by atoms with Crippen LogP contribution in [0.3, 0.4) is 0 Å². The van der Waals surface area contributed by atoms with E-state index < -0.39 is 34.3 Å². The molecule has 88 valence electrons. The van der Waals surface area contributed by atoms with Gasteiger partial charge in [0.1, 0.15) is 6.07 Å². The van der Waals surface area contributed by atoms with Crippen molar-refractivity contribution in [3.63, 3.8) is 0 Å². The summed E-state index contributed by atoms with van der Waals surface area (Å²) in [6.45, 7) is 0. The van der Waals surface area contributed by atoms with Gasteiger partial charge in [-0.05, 0) is 6.07 Å². The molecule has 1 amide bonds. The highest BCUT2D eigenvalue weighted by molar-refractivity contribution is 5.97. The Morgan fingerprint density at radius 2 is 2.00 bits per heavy atom. The molecule has 0 saturated heterocycles. The molecule has 2 N–H and O–H groups in total. The topological polar surface area (TPSA) is 83.9 Å². The number of hydrogen-bond donors (Lipinski definition) is 1. The van der Waals surface area contributed by atoms with Crippen LogP contribution in [-0.2, 0) is 6.18 Å². The van der Waals surface area contributed by atoms with Gasteiger partial charge in [0.2, 0.25) is 5.91 Å². The van der Waals surface area contributed by atoms with Crippen molar-refractivity contribution >= 4 is 12.2 Å². The van der Waals surface area contributed by atoms with Crippen molar-refractivity contribution in [3.05, 3.63) is 34.4 Å². The van der Waals surface area contributed by atoms with E-state index in [1.54, 1.807) is 0 Å². The number of benzene rings is 1.